The Labute approximate surface area is 115 Å². The van der Waals surface area contributed by atoms with E-state index < -0.39 is 23.9 Å². The molecule has 1 saturated carbocycles. The molecule has 0 aromatic carbocycles. The molecule has 1 aromatic rings. The van der Waals surface area contributed by atoms with Gasteiger partial charge in [0.05, 0.1) is 5.92 Å². The highest BCUT2D eigenvalue weighted by atomic mass is 19.4. The molecule has 1 N–H and O–H groups in total. The van der Waals surface area contributed by atoms with E-state index in [1.807, 2.05) is 0 Å². The minimum absolute atomic E-state index is 0.0524. The van der Waals surface area contributed by atoms with Crippen molar-refractivity contribution in [3.8, 4) is 0 Å². The minimum atomic E-state index is -4.29. The summed E-state index contributed by atoms with van der Waals surface area (Å²) in [5, 5.41) is 2.60. The van der Waals surface area contributed by atoms with Crippen molar-refractivity contribution >= 4 is 5.91 Å². The van der Waals surface area contributed by atoms with Crippen LogP contribution >= 0.6 is 0 Å². The minimum Gasteiger partial charge on any atom is -0.352 e. The lowest BCUT2D eigenvalue weighted by molar-refractivity contribution is -0.198. The quantitative estimate of drug-likeness (QED) is 0.928. The van der Waals surface area contributed by atoms with E-state index in [-0.39, 0.29) is 13.0 Å². The zero-order valence-electron chi connectivity index (χ0n) is 11.0. The average molecular weight is 286 g/mol. The van der Waals surface area contributed by atoms with Gasteiger partial charge in [-0.3, -0.25) is 9.78 Å². The van der Waals surface area contributed by atoms with Crippen LogP contribution in [0, 0.1) is 11.8 Å². The molecule has 1 fully saturated rings. The number of aromatic nitrogens is 1. The number of carbonyl (C=O) groups is 1. The van der Waals surface area contributed by atoms with Gasteiger partial charge in [0.2, 0.25) is 5.91 Å². The highest BCUT2D eigenvalue weighted by Crippen LogP contribution is 2.41. The Kier molecular flexibility index (Phi) is 4.62. The molecule has 110 valence electrons. The topological polar surface area (TPSA) is 42.0 Å². The Morgan fingerprint density at radius 3 is 2.55 bits per heavy atom. The molecule has 1 aliphatic rings. The van der Waals surface area contributed by atoms with Gasteiger partial charge in [0, 0.05) is 24.9 Å². The summed E-state index contributed by atoms with van der Waals surface area (Å²) < 4.78 is 38.8. The second-order valence-electron chi connectivity index (χ2n) is 5.11. The van der Waals surface area contributed by atoms with Gasteiger partial charge in [-0.1, -0.05) is 12.8 Å². The predicted octanol–water partition coefficient (Wildman–Crippen LogP) is 3.07. The van der Waals surface area contributed by atoms with Crippen molar-refractivity contribution in [1.29, 1.82) is 0 Å². The van der Waals surface area contributed by atoms with E-state index in [1.54, 1.807) is 24.5 Å². The molecule has 1 amide bonds. The summed E-state index contributed by atoms with van der Waals surface area (Å²) in [6, 6.07) is 3.45. The third-order valence-corrected chi connectivity index (χ3v) is 3.74. The van der Waals surface area contributed by atoms with E-state index in [2.05, 4.69) is 10.3 Å². The second kappa shape index (κ2) is 6.24. The van der Waals surface area contributed by atoms with Crippen molar-refractivity contribution in [2.45, 2.75) is 38.4 Å². The van der Waals surface area contributed by atoms with Crippen LogP contribution in [0.25, 0.3) is 0 Å². The lowest BCUT2D eigenvalue weighted by Crippen LogP contribution is -2.42. The number of pyridine rings is 1. The summed E-state index contributed by atoms with van der Waals surface area (Å²) in [7, 11) is 0. The van der Waals surface area contributed by atoms with Crippen LogP contribution in [0.5, 0.6) is 0 Å². The molecule has 0 radical (unpaired) electrons. The highest BCUT2D eigenvalue weighted by molar-refractivity contribution is 5.79. The number of carbonyl (C=O) groups excluding carboxylic acids is 1. The van der Waals surface area contributed by atoms with E-state index in [1.165, 1.54) is 0 Å². The molecule has 0 saturated heterocycles. The van der Waals surface area contributed by atoms with Gasteiger partial charge < -0.3 is 5.32 Å². The van der Waals surface area contributed by atoms with Crippen LogP contribution in [0.4, 0.5) is 13.2 Å². The van der Waals surface area contributed by atoms with Crippen LogP contribution in [0.1, 0.15) is 31.2 Å². The summed E-state index contributed by atoms with van der Waals surface area (Å²) in [6.45, 7) is 0.239. The van der Waals surface area contributed by atoms with Crippen molar-refractivity contribution in [1.82, 2.24) is 10.3 Å². The van der Waals surface area contributed by atoms with Crippen molar-refractivity contribution in [2.24, 2.45) is 11.8 Å². The molecular formula is C14H17F3N2O. The number of halogens is 3. The zero-order chi connectivity index (χ0) is 14.6. The van der Waals surface area contributed by atoms with Crippen molar-refractivity contribution in [3.05, 3.63) is 30.1 Å². The first-order valence-electron chi connectivity index (χ1n) is 6.72. The number of hydrogen-bond donors (Lipinski definition) is 1. The first-order valence-corrected chi connectivity index (χ1v) is 6.72. The Morgan fingerprint density at radius 2 is 1.90 bits per heavy atom. The normalized spacial score (nSPS) is 23.4. The third-order valence-electron chi connectivity index (χ3n) is 3.74. The molecule has 1 aromatic heterocycles. The predicted molar refractivity (Wildman–Crippen MR) is 67.6 cm³/mol. The Morgan fingerprint density at radius 1 is 1.25 bits per heavy atom. The molecule has 1 heterocycles. The highest BCUT2D eigenvalue weighted by Gasteiger charge is 2.47. The average Bonchev–Trinajstić information content (AvgIpc) is 2.45. The lowest BCUT2D eigenvalue weighted by atomic mass is 9.78. The van der Waals surface area contributed by atoms with Gasteiger partial charge in [-0.2, -0.15) is 13.2 Å². The number of amides is 1. The number of nitrogens with one attached hydrogen (secondary N) is 1. The van der Waals surface area contributed by atoms with Gasteiger partial charge in [0.15, 0.2) is 0 Å². The van der Waals surface area contributed by atoms with Gasteiger partial charge in [-0.05, 0) is 30.5 Å². The molecule has 6 heteroatoms. The molecule has 3 nitrogen and oxygen atoms in total. The smallest absolute Gasteiger partial charge is 0.352 e. The van der Waals surface area contributed by atoms with E-state index >= 15 is 0 Å². The number of nitrogens with zero attached hydrogens (tertiary/aromatic N) is 1. The Balaban J connectivity index is 1.96. The van der Waals surface area contributed by atoms with Crippen LogP contribution in [-0.2, 0) is 11.3 Å². The van der Waals surface area contributed by atoms with Crippen molar-refractivity contribution in [2.75, 3.05) is 0 Å². The van der Waals surface area contributed by atoms with E-state index in [9.17, 15) is 18.0 Å². The summed E-state index contributed by atoms with van der Waals surface area (Å²) in [6.07, 6.45) is 0.460. The van der Waals surface area contributed by atoms with Gasteiger partial charge in [0.1, 0.15) is 0 Å². The number of hydrogen-bond acceptors (Lipinski definition) is 2. The van der Waals surface area contributed by atoms with Crippen molar-refractivity contribution in [3.63, 3.8) is 0 Å². The van der Waals surface area contributed by atoms with E-state index in [0.29, 0.717) is 19.3 Å². The van der Waals surface area contributed by atoms with Crippen LogP contribution in [-0.4, -0.2) is 17.1 Å². The molecule has 2 rings (SSSR count). The molecular weight excluding hydrogens is 269 g/mol. The maximum Gasteiger partial charge on any atom is 0.392 e. The van der Waals surface area contributed by atoms with Crippen molar-refractivity contribution < 1.29 is 18.0 Å². The fraction of sp³-hybridized carbons (Fsp3) is 0.571. The fourth-order valence-corrected chi connectivity index (χ4v) is 2.66. The Bertz CT molecular complexity index is 447. The summed E-state index contributed by atoms with van der Waals surface area (Å²) in [5.41, 5.74) is 0.827. The van der Waals surface area contributed by atoms with Gasteiger partial charge in [-0.25, -0.2) is 0 Å². The SMILES string of the molecule is O=C(NCc1ccncc1)[C@@H]1CCCC[C@@H]1C(F)(F)F. The van der Waals surface area contributed by atoms with Gasteiger partial charge >= 0.3 is 6.18 Å². The lowest BCUT2D eigenvalue weighted by Gasteiger charge is -2.32. The molecule has 20 heavy (non-hydrogen) atoms. The molecule has 0 aliphatic heterocycles. The summed E-state index contributed by atoms with van der Waals surface area (Å²) >= 11 is 0. The fourth-order valence-electron chi connectivity index (χ4n) is 2.66. The maximum absolute atomic E-state index is 12.9. The third kappa shape index (κ3) is 3.71. The van der Waals surface area contributed by atoms with Crippen LogP contribution < -0.4 is 5.32 Å². The monoisotopic (exact) mass is 286 g/mol. The second-order valence-corrected chi connectivity index (χ2v) is 5.11. The van der Waals surface area contributed by atoms with Gasteiger partial charge in [-0.15, -0.1) is 0 Å². The first kappa shape index (κ1) is 14.8. The molecule has 1 aliphatic carbocycles. The Hall–Kier alpha value is -1.59. The van der Waals surface area contributed by atoms with E-state index in [4.69, 9.17) is 0 Å². The first-order chi connectivity index (χ1) is 9.48. The maximum atomic E-state index is 12.9. The summed E-state index contributed by atoms with van der Waals surface area (Å²) in [4.78, 5) is 15.8. The molecule has 0 unspecified atom stereocenters. The number of alkyl halides is 3. The van der Waals surface area contributed by atoms with E-state index in [0.717, 1.165) is 5.56 Å². The molecule has 0 spiro atoms. The van der Waals surface area contributed by atoms with Crippen LogP contribution in [0.2, 0.25) is 0 Å². The van der Waals surface area contributed by atoms with Crippen LogP contribution in [0.15, 0.2) is 24.5 Å². The zero-order valence-corrected chi connectivity index (χ0v) is 11.0. The molecule has 0 bridgehead atoms. The largest absolute Gasteiger partial charge is 0.392 e. The van der Waals surface area contributed by atoms with Gasteiger partial charge in [0.25, 0.3) is 0 Å². The standard InChI is InChI=1S/C14H17F3N2O/c15-14(16,17)12-4-2-1-3-11(12)13(20)19-9-10-5-7-18-8-6-10/h5-8,11-12H,1-4,9H2,(H,19,20)/t11-,12+/m1/s1. The van der Waals surface area contributed by atoms with Crippen LogP contribution in [0.3, 0.4) is 0 Å². The molecule has 2 atom stereocenters. The summed E-state index contributed by atoms with van der Waals surface area (Å²) in [5.74, 6) is -2.96. The number of rotatable bonds is 3.